The third-order valence-corrected chi connectivity index (χ3v) is 2.74. The summed E-state index contributed by atoms with van der Waals surface area (Å²) in [5.41, 5.74) is 1.96. The lowest BCUT2D eigenvalue weighted by molar-refractivity contribution is 0.286. The van der Waals surface area contributed by atoms with Gasteiger partial charge in [-0.05, 0) is 23.6 Å². The van der Waals surface area contributed by atoms with Crippen molar-refractivity contribution in [3.63, 3.8) is 0 Å². The quantitative estimate of drug-likeness (QED) is 0.790. The normalized spacial score (nSPS) is 10.2. The van der Waals surface area contributed by atoms with Gasteiger partial charge in [0, 0.05) is 16.6 Å². The Balaban J connectivity index is 2.47. The van der Waals surface area contributed by atoms with Crippen molar-refractivity contribution in [2.45, 2.75) is 6.61 Å². The fraction of sp³-hybridized carbons (Fsp3) is 0.100. The predicted molar refractivity (Wildman–Crippen MR) is 53.5 cm³/mol. The first-order valence-electron chi connectivity index (χ1n) is 4.00. The number of nitrogens with zero attached hydrogens (tertiary/aromatic N) is 1. The van der Waals surface area contributed by atoms with Crippen molar-refractivity contribution in [1.29, 1.82) is 0 Å². The first-order chi connectivity index (χ1) is 6.42. The van der Waals surface area contributed by atoms with Crippen LogP contribution in [0.5, 0.6) is 0 Å². The Kier molecular flexibility index (Phi) is 2.38. The van der Waals surface area contributed by atoms with E-state index in [1.165, 1.54) is 0 Å². The second kappa shape index (κ2) is 3.68. The molecule has 66 valence electrons. The van der Waals surface area contributed by atoms with Gasteiger partial charge in [0.15, 0.2) is 0 Å². The Hall–Kier alpha value is -1.19. The van der Waals surface area contributed by atoms with E-state index < -0.39 is 0 Å². The topological polar surface area (TPSA) is 33.1 Å². The molecule has 2 nitrogen and oxygen atoms in total. The second-order valence-corrected chi connectivity index (χ2v) is 3.63. The number of aromatic nitrogens is 1. The maximum atomic E-state index is 9.05. The van der Waals surface area contributed by atoms with Crippen molar-refractivity contribution in [3.8, 4) is 11.3 Å². The van der Waals surface area contributed by atoms with E-state index in [4.69, 9.17) is 5.11 Å². The zero-order chi connectivity index (χ0) is 9.10. The van der Waals surface area contributed by atoms with Crippen molar-refractivity contribution in [2.75, 3.05) is 0 Å². The summed E-state index contributed by atoms with van der Waals surface area (Å²) < 4.78 is 0. The van der Waals surface area contributed by atoms with Crippen LogP contribution in [0.2, 0.25) is 0 Å². The van der Waals surface area contributed by atoms with E-state index in [9.17, 15) is 0 Å². The summed E-state index contributed by atoms with van der Waals surface area (Å²) in [6.07, 6.45) is 1.76. The van der Waals surface area contributed by atoms with E-state index in [1.54, 1.807) is 17.5 Å². The van der Waals surface area contributed by atoms with Crippen LogP contribution in [0.15, 0.2) is 35.8 Å². The molecule has 0 saturated carbocycles. The van der Waals surface area contributed by atoms with E-state index in [-0.39, 0.29) is 6.61 Å². The molecule has 2 aromatic rings. The molecule has 0 aliphatic carbocycles. The average Bonchev–Trinajstić information content (AvgIpc) is 2.67. The number of rotatable bonds is 2. The maximum Gasteiger partial charge on any atom is 0.0781 e. The molecule has 0 fully saturated rings. The molecule has 1 N–H and O–H groups in total. The van der Waals surface area contributed by atoms with Gasteiger partial charge in [0.25, 0.3) is 0 Å². The summed E-state index contributed by atoms with van der Waals surface area (Å²) in [6.45, 7) is 0.0869. The zero-order valence-electron chi connectivity index (χ0n) is 6.97. The zero-order valence-corrected chi connectivity index (χ0v) is 7.79. The molecule has 2 rings (SSSR count). The van der Waals surface area contributed by atoms with Gasteiger partial charge in [-0.3, -0.25) is 4.98 Å². The molecule has 13 heavy (non-hydrogen) atoms. The highest BCUT2D eigenvalue weighted by Gasteiger charge is 2.05. The van der Waals surface area contributed by atoms with Gasteiger partial charge in [-0.2, -0.15) is 0 Å². The second-order valence-electron chi connectivity index (χ2n) is 2.63. The molecule has 2 aromatic heterocycles. The highest BCUT2D eigenvalue weighted by atomic mass is 32.1. The van der Waals surface area contributed by atoms with Gasteiger partial charge in [0.1, 0.15) is 0 Å². The molecule has 0 aromatic carbocycles. The molecule has 0 saturated heterocycles. The van der Waals surface area contributed by atoms with Crippen molar-refractivity contribution < 1.29 is 5.11 Å². The van der Waals surface area contributed by atoms with Crippen LogP contribution in [0.1, 0.15) is 4.88 Å². The molecular formula is C10H9NOS. The number of thiophene rings is 1. The van der Waals surface area contributed by atoms with Crippen LogP contribution in [0, 0.1) is 0 Å². The lowest BCUT2D eigenvalue weighted by atomic mass is 10.2. The Morgan fingerprint density at radius 1 is 1.31 bits per heavy atom. The van der Waals surface area contributed by atoms with Gasteiger partial charge in [0.2, 0.25) is 0 Å². The summed E-state index contributed by atoms with van der Waals surface area (Å²) in [7, 11) is 0. The van der Waals surface area contributed by atoms with E-state index in [0.29, 0.717) is 0 Å². The predicted octanol–water partition coefficient (Wildman–Crippen LogP) is 2.30. The monoisotopic (exact) mass is 191 g/mol. The van der Waals surface area contributed by atoms with Crippen LogP contribution in [-0.2, 0) is 6.61 Å². The summed E-state index contributed by atoms with van der Waals surface area (Å²) >= 11 is 1.55. The van der Waals surface area contributed by atoms with Gasteiger partial charge in [0.05, 0.1) is 12.3 Å². The van der Waals surface area contributed by atoms with E-state index in [2.05, 4.69) is 4.98 Å². The molecule has 0 aliphatic rings. The Bertz CT molecular complexity index is 383. The molecule has 3 heteroatoms. The van der Waals surface area contributed by atoms with Crippen molar-refractivity contribution in [2.24, 2.45) is 0 Å². The summed E-state index contributed by atoms with van der Waals surface area (Å²) in [5.74, 6) is 0. The lowest BCUT2D eigenvalue weighted by Crippen LogP contribution is -1.84. The van der Waals surface area contributed by atoms with Crippen LogP contribution < -0.4 is 0 Å². The van der Waals surface area contributed by atoms with Gasteiger partial charge in [-0.1, -0.05) is 6.07 Å². The number of hydrogen-bond donors (Lipinski definition) is 1. The third-order valence-electron chi connectivity index (χ3n) is 1.83. The highest BCUT2D eigenvalue weighted by molar-refractivity contribution is 7.10. The van der Waals surface area contributed by atoms with Crippen LogP contribution in [0.3, 0.4) is 0 Å². The van der Waals surface area contributed by atoms with E-state index in [0.717, 1.165) is 16.1 Å². The Labute approximate surface area is 80.5 Å². The number of pyridine rings is 1. The number of aliphatic hydroxyl groups is 1. The summed E-state index contributed by atoms with van der Waals surface area (Å²) in [6, 6.07) is 7.76. The fourth-order valence-electron chi connectivity index (χ4n) is 1.21. The molecule has 0 amide bonds. The largest absolute Gasteiger partial charge is 0.391 e. The molecule has 0 aliphatic heterocycles. The minimum atomic E-state index is 0.0869. The summed E-state index contributed by atoms with van der Waals surface area (Å²) in [5, 5.41) is 11.0. The van der Waals surface area contributed by atoms with Crippen LogP contribution in [0.25, 0.3) is 11.3 Å². The van der Waals surface area contributed by atoms with Crippen LogP contribution >= 0.6 is 11.3 Å². The SMILES string of the molecule is OCc1sccc1-c1ccccn1. The Morgan fingerprint density at radius 2 is 2.23 bits per heavy atom. The van der Waals surface area contributed by atoms with Crippen molar-refractivity contribution in [3.05, 3.63) is 40.7 Å². The summed E-state index contributed by atoms with van der Waals surface area (Å²) in [4.78, 5) is 5.20. The molecule has 0 spiro atoms. The third kappa shape index (κ3) is 1.61. The first kappa shape index (κ1) is 8.41. The van der Waals surface area contributed by atoms with Gasteiger partial charge in [-0.25, -0.2) is 0 Å². The molecule has 2 heterocycles. The number of hydrogen-bond acceptors (Lipinski definition) is 3. The van der Waals surface area contributed by atoms with Gasteiger partial charge in [-0.15, -0.1) is 11.3 Å². The molecule has 0 atom stereocenters. The van der Waals surface area contributed by atoms with Crippen LogP contribution in [0.4, 0.5) is 0 Å². The van der Waals surface area contributed by atoms with Gasteiger partial charge >= 0.3 is 0 Å². The number of aliphatic hydroxyl groups excluding tert-OH is 1. The molecule has 0 unspecified atom stereocenters. The first-order valence-corrected chi connectivity index (χ1v) is 4.88. The molecular weight excluding hydrogens is 182 g/mol. The van der Waals surface area contributed by atoms with E-state index in [1.807, 2.05) is 29.6 Å². The molecule has 0 radical (unpaired) electrons. The maximum absolute atomic E-state index is 9.05. The highest BCUT2D eigenvalue weighted by Crippen LogP contribution is 2.26. The lowest BCUT2D eigenvalue weighted by Gasteiger charge is -1.98. The minimum Gasteiger partial charge on any atom is -0.391 e. The van der Waals surface area contributed by atoms with Crippen molar-refractivity contribution in [1.82, 2.24) is 4.98 Å². The Morgan fingerprint density at radius 3 is 2.92 bits per heavy atom. The van der Waals surface area contributed by atoms with E-state index >= 15 is 0 Å². The average molecular weight is 191 g/mol. The molecule has 0 bridgehead atoms. The standard InChI is InChI=1S/C10H9NOS/c12-7-10-8(4-6-13-10)9-3-1-2-5-11-9/h1-6,12H,7H2. The van der Waals surface area contributed by atoms with Crippen molar-refractivity contribution >= 4 is 11.3 Å². The van der Waals surface area contributed by atoms with Gasteiger partial charge < -0.3 is 5.11 Å². The fourth-order valence-corrected chi connectivity index (χ4v) is 1.96. The smallest absolute Gasteiger partial charge is 0.0781 e. The van der Waals surface area contributed by atoms with Crippen LogP contribution in [-0.4, -0.2) is 10.1 Å². The minimum absolute atomic E-state index is 0.0869.